The number of ether oxygens (including phenoxy) is 1. The van der Waals surface area contributed by atoms with Crippen LogP contribution in [-0.4, -0.2) is 38.8 Å². The number of nitrogens with one attached hydrogen (secondary N) is 2. The Morgan fingerprint density at radius 1 is 1.00 bits per heavy atom. The molecule has 0 spiro atoms. The Balaban J connectivity index is 1.65. The van der Waals surface area contributed by atoms with E-state index in [1.807, 2.05) is 12.1 Å². The smallest absolute Gasteiger partial charge is 0.243 e. The SMILES string of the molecule is O=C(CNc1ccc(F)c(F)c1F)Nc1ccccc1N1CCOCC1. The lowest BCUT2D eigenvalue weighted by molar-refractivity contribution is -0.114. The molecule has 0 saturated carbocycles. The molecule has 1 saturated heterocycles. The molecule has 2 aromatic carbocycles. The van der Waals surface area contributed by atoms with Gasteiger partial charge in [-0.2, -0.15) is 0 Å². The zero-order valence-corrected chi connectivity index (χ0v) is 13.9. The summed E-state index contributed by atoms with van der Waals surface area (Å²) in [7, 11) is 0. The van der Waals surface area contributed by atoms with Crippen molar-refractivity contribution >= 4 is 23.0 Å². The summed E-state index contributed by atoms with van der Waals surface area (Å²) >= 11 is 0. The first kappa shape index (κ1) is 18.1. The van der Waals surface area contributed by atoms with E-state index in [1.165, 1.54) is 0 Å². The summed E-state index contributed by atoms with van der Waals surface area (Å²) in [4.78, 5) is 14.3. The number of para-hydroxylation sites is 2. The van der Waals surface area contributed by atoms with Crippen LogP contribution in [0.1, 0.15) is 0 Å². The van der Waals surface area contributed by atoms with Crippen LogP contribution in [0.25, 0.3) is 0 Å². The highest BCUT2D eigenvalue weighted by molar-refractivity contribution is 5.96. The highest BCUT2D eigenvalue weighted by atomic mass is 19.2. The van der Waals surface area contributed by atoms with Gasteiger partial charge in [0.25, 0.3) is 0 Å². The van der Waals surface area contributed by atoms with Gasteiger partial charge in [-0.15, -0.1) is 0 Å². The minimum atomic E-state index is -1.58. The number of carbonyl (C=O) groups is 1. The number of rotatable bonds is 5. The normalized spacial score (nSPS) is 14.2. The molecule has 0 radical (unpaired) electrons. The van der Waals surface area contributed by atoms with Crippen LogP contribution < -0.4 is 15.5 Å². The summed E-state index contributed by atoms with van der Waals surface area (Å²) in [5.74, 6) is -4.65. The van der Waals surface area contributed by atoms with Gasteiger partial charge in [0.15, 0.2) is 17.5 Å². The molecule has 1 amide bonds. The molecule has 1 aliphatic heterocycles. The molecule has 1 heterocycles. The van der Waals surface area contributed by atoms with Gasteiger partial charge >= 0.3 is 0 Å². The summed E-state index contributed by atoms with van der Waals surface area (Å²) in [6, 6.07) is 9.16. The number of nitrogens with zero attached hydrogens (tertiary/aromatic N) is 1. The molecular formula is C18H18F3N3O2. The van der Waals surface area contributed by atoms with Crippen LogP contribution >= 0.6 is 0 Å². The fraction of sp³-hybridized carbons (Fsp3) is 0.278. The van der Waals surface area contributed by atoms with E-state index in [-0.39, 0.29) is 12.2 Å². The van der Waals surface area contributed by atoms with Crippen LogP contribution in [0.5, 0.6) is 0 Å². The predicted molar refractivity (Wildman–Crippen MR) is 92.9 cm³/mol. The second-order valence-electron chi connectivity index (χ2n) is 5.74. The molecule has 3 rings (SSSR count). The van der Waals surface area contributed by atoms with Gasteiger partial charge in [0, 0.05) is 13.1 Å². The van der Waals surface area contributed by atoms with Crippen LogP contribution in [0.15, 0.2) is 36.4 Å². The molecule has 2 aromatic rings. The van der Waals surface area contributed by atoms with Crippen molar-refractivity contribution in [2.75, 3.05) is 48.4 Å². The van der Waals surface area contributed by atoms with E-state index >= 15 is 0 Å². The molecule has 2 N–H and O–H groups in total. The molecule has 138 valence electrons. The number of amides is 1. The van der Waals surface area contributed by atoms with Crippen molar-refractivity contribution in [3.8, 4) is 0 Å². The fourth-order valence-electron chi connectivity index (χ4n) is 2.69. The van der Waals surface area contributed by atoms with E-state index in [1.54, 1.807) is 12.1 Å². The number of anilines is 3. The largest absolute Gasteiger partial charge is 0.378 e. The molecule has 1 fully saturated rings. The average molecular weight is 365 g/mol. The Labute approximate surface area is 148 Å². The van der Waals surface area contributed by atoms with Gasteiger partial charge < -0.3 is 20.3 Å². The third-order valence-electron chi connectivity index (χ3n) is 4.00. The monoisotopic (exact) mass is 365 g/mol. The van der Waals surface area contributed by atoms with E-state index in [0.717, 1.165) is 17.8 Å². The van der Waals surface area contributed by atoms with Crippen LogP contribution in [0, 0.1) is 17.5 Å². The first-order valence-electron chi connectivity index (χ1n) is 8.15. The molecule has 1 aliphatic rings. The van der Waals surface area contributed by atoms with E-state index in [4.69, 9.17) is 4.74 Å². The molecule has 0 unspecified atom stereocenters. The second kappa shape index (κ2) is 8.09. The second-order valence-corrected chi connectivity index (χ2v) is 5.74. The Morgan fingerprint density at radius 2 is 1.73 bits per heavy atom. The van der Waals surface area contributed by atoms with Crippen molar-refractivity contribution in [1.82, 2.24) is 0 Å². The minimum Gasteiger partial charge on any atom is -0.378 e. The Morgan fingerprint density at radius 3 is 2.50 bits per heavy atom. The predicted octanol–water partition coefficient (Wildman–Crippen LogP) is 2.99. The van der Waals surface area contributed by atoms with Crippen molar-refractivity contribution in [3.63, 3.8) is 0 Å². The third-order valence-corrected chi connectivity index (χ3v) is 4.00. The van der Waals surface area contributed by atoms with Gasteiger partial charge in [-0.05, 0) is 24.3 Å². The Bertz CT molecular complexity index is 795. The van der Waals surface area contributed by atoms with E-state index in [2.05, 4.69) is 15.5 Å². The quantitative estimate of drug-likeness (QED) is 0.800. The molecule has 0 atom stereocenters. The fourth-order valence-corrected chi connectivity index (χ4v) is 2.69. The maximum absolute atomic E-state index is 13.6. The highest BCUT2D eigenvalue weighted by Crippen LogP contribution is 2.26. The molecule has 0 aromatic heterocycles. The van der Waals surface area contributed by atoms with Crippen LogP contribution in [0.3, 0.4) is 0 Å². The number of halogens is 3. The van der Waals surface area contributed by atoms with Crippen molar-refractivity contribution in [3.05, 3.63) is 53.8 Å². The summed E-state index contributed by atoms with van der Waals surface area (Å²) in [6.45, 7) is 2.36. The molecule has 0 bridgehead atoms. The maximum atomic E-state index is 13.6. The van der Waals surface area contributed by atoms with Gasteiger partial charge in [-0.3, -0.25) is 4.79 Å². The number of hydrogen-bond acceptors (Lipinski definition) is 4. The number of morpholine rings is 1. The van der Waals surface area contributed by atoms with E-state index in [0.29, 0.717) is 32.0 Å². The zero-order valence-electron chi connectivity index (χ0n) is 13.9. The molecule has 5 nitrogen and oxygen atoms in total. The van der Waals surface area contributed by atoms with Crippen molar-refractivity contribution < 1.29 is 22.7 Å². The van der Waals surface area contributed by atoms with E-state index < -0.39 is 23.4 Å². The molecule has 26 heavy (non-hydrogen) atoms. The first-order chi connectivity index (χ1) is 12.6. The van der Waals surface area contributed by atoms with Gasteiger partial charge in [0.2, 0.25) is 5.91 Å². The Hall–Kier alpha value is -2.74. The van der Waals surface area contributed by atoms with Crippen molar-refractivity contribution in [2.24, 2.45) is 0 Å². The lowest BCUT2D eigenvalue weighted by Crippen LogP contribution is -2.37. The zero-order chi connectivity index (χ0) is 18.5. The molecular weight excluding hydrogens is 347 g/mol. The molecule has 8 heteroatoms. The lowest BCUT2D eigenvalue weighted by atomic mass is 10.2. The standard InChI is InChI=1S/C18H18F3N3O2/c19-12-5-6-14(18(21)17(12)20)22-11-16(25)23-13-3-1-2-4-15(13)24-7-9-26-10-8-24/h1-6,22H,7-11H2,(H,23,25). The van der Waals surface area contributed by atoms with Crippen molar-refractivity contribution in [1.29, 1.82) is 0 Å². The molecule has 0 aliphatic carbocycles. The average Bonchev–Trinajstić information content (AvgIpc) is 2.67. The van der Waals surface area contributed by atoms with Gasteiger partial charge in [-0.25, -0.2) is 13.2 Å². The van der Waals surface area contributed by atoms with Crippen LogP contribution in [0.2, 0.25) is 0 Å². The number of hydrogen-bond donors (Lipinski definition) is 2. The topological polar surface area (TPSA) is 53.6 Å². The van der Waals surface area contributed by atoms with Gasteiger partial charge in [0.1, 0.15) is 0 Å². The number of benzene rings is 2. The van der Waals surface area contributed by atoms with Crippen molar-refractivity contribution in [2.45, 2.75) is 0 Å². The Kier molecular flexibility index (Phi) is 5.62. The minimum absolute atomic E-state index is 0.277. The summed E-state index contributed by atoms with van der Waals surface area (Å²) in [5, 5.41) is 5.22. The van der Waals surface area contributed by atoms with E-state index in [9.17, 15) is 18.0 Å². The summed E-state index contributed by atoms with van der Waals surface area (Å²) < 4.78 is 45.1. The first-order valence-corrected chi connectivity index (χ1v) is 8.15. The van der Waals surface area contributed by atoms with Crippen LogP contribution in [0.4, 0.5) is 30.2 Å². The highest BCUT2D eigenvalue weighted by Gasteiger charge is 2.17. The van der Waals surface area contributed by atoms with Crippen LogP contribution in [-0.2, 0) is 9.53 Å². The summed E-state index contributed by atoms with van der Waals surface area (Å²) in [5.41, 5.74) is 1.20. The summed E-state index contributed by atoms with van der Waals surface area (Å²) in [6.07, 6.45) is 0. The van der Waals surface area contributed by atoms with Gasteiger partial charge in [0.05, 0.1) is 36.8 Å². The third kappa shape index (κ3) is 4.08. The lowest BCUT2D eigenvalue weighted by Gasteiger charge is -2.30. The maximum Gasteiger partial charge on any atom is 0.243 e. The van der Waals surface area contributed by atoms with Gasteiger partial charge in [-0.1, -0.05) is 12.1 Å². The number of carbonyl (C=O) groups excluding carboxylic acids is 1.